The third-order valence-electron chi connectivity index (χ3n) is 3.01. The molecule has 0 heterocycles. The number of rotatable bonds is 1. The van der Waals surface area contributed by atoms with Gasteiger partial charge in [0.1, 0.15) is 0 Å². The van der Waals surface area contributed by atoms with Gasteiger partial charge in [-0.25, -0.2) is 0 Å². The fourth-order valence-electron chi connectivity index (χ4n) is 1.99. The van der Waals surface area contributed by atoms with Crippen molar-refractivity contribution in [3.8, 4) is 0 Å². The molecule has 0 aromatic heterocycles. The minimum Gasteiger partial charge on any atom is -0.481 e. The standard InChI is InChI=1S/C10H18O2/c1-10(2,3)8-5-4-7(6-8)9(11)12/h7-8H,4-6H2,1-3H3,(H,11,12)/t7-,8-/m0/s1. The van der Waals surface area contributed by atoms with Crippen molar-refractivity contribution >= 4 is 5.97 Å². The summed E-state index contributed by atoms with van der Waals surface area (Å²) in [5.41, 5.74) is 0.282. The predicted octanol–water partition coefficient (Wildman–Crippen LogP) is 2.53. The summed E-state index contributed by atoms with van der Waals surface area (Å²) in [5.74, 6) is -0.0884. The number of carbonyl (C=O) groups is 1. The van der Waals surface area contributed by atoms with Crippen LogP contribution >= 0.6 is 0 Å². The van der Waals surface area contributed by atoms with Gasteiger partial charge in [-0.3, -0.25) is 4.79 Å². The highest BCUT2D eigenvalue weighted by molar-refractivity contribution is 5.70. The van der Waals surface area contributed by atoms with E-state index in [4.69, 9.17) is 5.11 Å². The monoisotopic (exact) mass is 170 g/mol. The Morgan fingerprint density at radius 3 is 2.17 bits per heavy atom. The van der Waals surface area contributed by atoms with Crippen molar-refractivity contribution in [1.29, 1.82) is 0 Å². The average Bonchev–Trinajstić information content (AvgIpc) is 2.30. The van der Waals surface area contributed by atoms with Crippen molar-refractivity contribution in [3.05, 3.63) is 0 Å². The molecule has 0 radical (unpaired) electrons. The van der Waals surface area contributed by atoms with Crippen LogP contribution in [0.15, 0.2) is 0 Å². The first-order valence-electron chi connectivity index (χ1n) is 4.64. The summed E-state index contributed by atoms with van der Waals surface area (Å²) in [4.78, 5) is 10.7. The number of hydrogen-bond acceptors (Lipinski definition) is 1. The maximum atomic E-state index is 10.7. The van der Waals surface area contributed by atoms with Gasteiger partial charge < -0.3 is 5.11 Å². The van der Waals surface area contributed by atoms with Crippen LogP contribution in [0.3, 0.4) is 0 Å². The second kappa shape index (κ2) is 3.08. The van der Waals surface area contributed by atoms with Crippen LogP contribution in [0.1, 0.15) is 40.0 Å². The van der Waals surface area contributed by atoms with Gasteiger partial charge in [-0.1, -0.05) is 20.8 Å². The van der Waals surface area contributed by atoms with Crippen LogP contribution in [0.25, 0.3) is 0 Å². The summed E-state index contributed by atoms with van der Waals surface area (Å²) in [7, 11) is 0. The molecule has 70 valence electrons. The zero-order chi connectivity index (χ0) is 9.35. The van der Waals surface area contributed by atoms with Crippen molar-refractivity contribution in [2.24, 2.45) is 17.3 Å². The zero-order valence-electron chi connectivity index (χ0n) is 8.13. The maximum absolute atomic E-state index is 10.7. The highest BCUT2D eigenvalue weighted by Gasteiger charge is 2.35. The zero-order valence-corrected chi connectivity index (χ0v) is 8.13. The first-order chi connectivity index (χ1) is 5.41. The Morgan fingerprint density at radius 2 is 1.92 bits per heavy atom. The minimum atomic E-state index is -0.609. The molecule has 1 N–H and O–H groups in total. The molecule has 2 nitrogen and oxygen atoms in total. The normalized spacial score (nSPS) is 30.6. The smallest absolute Gasteiger partial charge is 0.306 e. The SMILES string of the molecule is CC(C)(C)[C@H]1CC[C@H](C(=O)O)C1. The van der Waals surface area contributed by atoms with E-state index in [1.54, 1.807) is 0 Å². The Kier molecular flexibility index (Phi) is 2.45. The first kappa shape index (κ1) is 9.56. The van der Waals surface area contributed by atoms with Crippen molar-refractivity contribution in [1.82, 2.24) is 0 Å². The van der Waals surface area contributed by atoms with Gasteiger partial charge in [-0.2, -0.15) is 0 Å². The molecule has 0 spiro atoms. The lowest BCUT2D eigenvalue weighted by Crippen LogP contribution is -2.18. The molecule has 2 heteroatoms. The second-order valence-corrected chi connectivity index (χ2v) is 4.91. The van der Waals surface area contributed by atoms with Gasteiger partial charge in [0.05, 0.1) is 5.92 Å². The van der Waals surface area contributed by atoms with Gasteiger partial charge in [-0.05, 0) is 30.6 Å². The van der Waals surface area contributed by atoms with Crippen LogP contribution in [0.4, 0.5) is 0 Å². The van der Waals surface area contributed by atoms with Crippen LogP contribution in [-0.4, -0.2) is 11.1 Å². The molecule has 0 aromatic carbocycles. The second-order valence-electron chi connectivity index (χ2n) is 4.91. The molecule has 1 saturated carbocycles. The Morgan fingerprint density at radius 1 is 1.33 bits per heavy atom. The van der Waals surface area contributed by atoms with Crippen LogP contribution in [0.5, 0.6) is 0 Å². The lowest BCUT2D eigenvalue weighted by molar-refractivity contribution is -0.141. The van der Waals surface area contributed by atoms with Crippen molar-refractivity contribution in [3.63, 3.8) is 0 Å². The summed E-state index contributed by atoms with van der Waals surface area (Å²) < 4.78 is 0. The van der Waals surface area contributed by atoms with Crippen molar-refractivity contribution in [2.75, 3.05) is 0 Å². The lowest BCUT2D eigenvalue weighted by atomic mass is 9.79. The third kappa shape index (κ3) is 1.99. The van der Waals surface area contributed by atoms with E-state index >= 15 is 0 Å². The molecule has 0 amide bonds. The van der Waals surface area contributed by atoms with Crippen LogP contribution in [0.2, 0.25) is 0 Å². The van der Waals surface area contributed by atoms with Gasteiger partial charge in [0.25, 0.3) is 0 Å². The largest absolute Gasteiger partial charge is 0.481 e. The van der Waals surface area contributed by atoms with Crippen LogP contribution in [-0.2, 0) is 4.79 Å². The molecule has 1 aliphatic rings. The average molecular weight is 170 g/mol. The lowest BCUT2D eigenvalue weighted by Gasteiger charge is -2.26. The topological polar surface area (TPSA) is 37.3 Å². The summed E-state index contributed by atoms with van der Waals surface area (Å²) in [5, 5.41) is 8.80. The number of carboxylic acids is 1. The van der Waals surface area contributed by atoms with Gasteiger partial charge in [0, 0.05) is 0 Å². The maximum Gasteiger partial charge on any atom is 0.306 e. The minimum absolute atomic E-state index is 0.0748. The van der Waals surface area contributed by atoms with E-state index < -0.39 is 5.97 Å². The van der Waals surface area contributed by atoms with E-state index in [1.165, 1.54) is 0 Å². The molecular formula is C10H18O2. The van der Waals surface area contributed by atoms with E-state index in [0.717, 1.165) is 19.3 Å². The van der Waals surface area contributed by atoms with E-state index in [0.29, 0.717) is 5.92 Å². The first-order valence-corrected chi connectivity index (χ1v) is 4.64. The van der Waals surface area contributed by atoms with E-state index in [9.17, 15) is 4.79 Å². The molecule has 2 atom stereocenters. The molecule has 1 rings (SSSR count). The van der Waals surface area contributed by atoms with Gasteiger partial charge in [-0.15, -0.1) is 0 Å². The predicted molar refractivity (Wildman–Crippen MR) is 47.9 cm³/mol. The van der Waals surface area contributed by atoms with Crippen molar-refractivity contribution in [2.45, 2.75) is 40.0 Å². The van der Waals surface area contributed by atoms with E-state index in [1.807, 2.05) is 0 Å². The van der Waals surface area contributed by atoms with Gasteiger partial charge in [0.2, 0.25) is 0 Å². The molecule has 0 aliphatic heterocycles. The molecule has 12 heavy (non-hydrogen) atoms. The quantitative estimate of drug-likeness (QED) is 0.656. The molecular weight excluding hydrogens is 152 g/mol. The number of carboxylic acid groups (broad SMARTS) is 1. The van der Waals surface area contributed by atoms with Crippen LogP contribution < -0.4 is 0 Å². The molecule has 1 aliphatic carbocycles. The summed E-state index contributed by atoms with van der Waals surface area (Å²) >= 11 is 0. The van der Waals surface area contributed by atoms with Gasteiger partial charge in [0.15, 0.2) is 0 Å². The van der Waals surface area contributed by atoms with Crippen molar-refractivity contribution < 1.29 is 9.90 Å². The Hall–Kier alpha value is -0.530. The Balaban J connectivity index is 2.51. The third-order valence-corrected chi connectivity index (χ3v) is 3.01. The fourth-order valence-corrected chi connectivity index (χ4v) is 1.99. The highest BCUT2D eigenvalue weighted by Crippen LogP contribution is 2.41. The molecule has 0 unspecified atom stereocenters. The molecule has 0 aromatic rings. The molecule has 0 bridgehead atoms. The summed E-state index contributed by atoms with van der Waals surface area (Å²) in [6, 6.07) is 0. The Labute approximate surface area is 74.0 Å². The fraction of sp³-hybridized carbons (Fsp3) is 0.900. The summed E-state index contributed by atoms with van der Waals surface area (Å²) in [6.45, 7) is 6.59. The number of aliphatic carboxylic acids is 1. The van der Waals surface area contributed by atoms with Gasteiger partial charge >= 0.3 is 5.97 Å². The summed E-state index contributed by atoms with van der Waals surface area (Å²) in [6.07, 6.45) is 2.83. The van der Waals surface area contributed by atoms with E-state index in [-0.39, 0.29) is 11.3 Å². The number of hydrogen-bond donors (Lipinski definition) is 1. The highest BCUT2D eigenvalue weighted by atomic mass is 16.4. The molecule has 1 fully saturated rings. The van der Waals surface area contributed by atoms with Crippen LogP contribution in [0, 0.1) is 17.3 Å². The Bertz CT molecular complexity index is 179. The molecule has 0 saturated heterocycles. The van der Waals surface area contributed by atoms with E-state index in [2.05, 4.69) is 20.8 Å².